The van der Waals surface area contributed by atoms with Gasteiger partial charge in [-0.25, -0.2) is 4.98 Å². The van der Waals surface area contributed by atoms with E-state index in [-0.39, 0.29) is 0 Å². The molecule has 0 amide bonds. The van der Waals surface area contributed by atoms with Crippen molar-refractivity contribution in [1.29, 1.82) is 0 Å². The lowest BCUT2D eigenvalue weighted by Gasteiger charge is -2.16. The fraction of sp³-hybridized carbons (Fsp3) is 0.0952. The number of nitrogens with zero attached hydrogens (tertiary/aromatic N) is 1. The molecule has 0 unspecified atom stereocenters. The topological polar surface area (TPSA) is 46.2 Å². The Morgan fingerprint density at radius 1 is 0.840 bits per heavy atom. The number of ether oxygens (including phenoxy) is 1. The van der Waals surface area contributed by atoms with Crippen LogP contribution in [0.4, 0.5) is 17.1 Å². The maximum absolute atomic E-state index is 5.57. The maximum atomic E-state index is 5.57. The molecular weight excluding hydrogens is 310 g/mol. The summed E-state index contributed by atoms with van der Waals surface area (Å²) in [6.07, 6.45) is 0. The van der Waals surface area contributed by atoms with Gasteiger partial charge in [0.05, 0.1) is 29.5 Å². The highest BCUT2D eigenvalue weighted by atomic mass is 16.5. The van der Waals surface area contributed by atoms with Crippen LogP contribution < -0.4 is 15.4 Å². The van der Waals surface area contributed by atoms with E-state index in [0.717, 1.165) is 44.6 Å². The van der Waals surface area contributed by atoms with Gasteiger partial charge >= 0.3 is 0 Å². The molecule has 0 saturated heterocycles. The molecule has 0 saturated carbocycles. The Labute approximate surface area is 146 Å². The Hall–Kier alpha value is -3.27. The quantitative estimate of drug-likeness (QED) is 0.506. The lowest BCUT2D eigenvalue weighted by atomic mass is 10.1. The molecule has 1 heterocycles. The summed E-state index contributed by atoms with van der Waals surface area (Å²) in [7, 11) is 3.58. The van der Waals surface area contributed by atoms with Crippen LogP contribution in [-0.4, -0.2) is 19.1 Å². The number of rotatable bonds is 4. The molecular formula is C21H19N3O. The molecule has 2 N–H and O–H groups in total. The molecule has 0 aliphatic carbocycles. The van der Waals surface area contributed by atoms with E-state index in [4.69, 9.17) is 9.72 Å². The second-order valence-electron chi connectivity index (χ2n) is 5.81. The van der Waals surface area contributed by atoms with E-state index >= 15 is 0 Å². The van der Waals surface area contributed by atoms with E-state index in [0.29, 0.717) is 0 Å². The number of methoxy groups -OCH3 is 1. The molecule has 124 valence electrons. The van der Waals surface area contributed by atoms with Gasteiger partial charge in [0.15, 0.2) is 0 Å². The highest BCUT2D eigenvalue weighted by molar-refractivity contribution is 6.08. The molecule has 0 spiro atoms. The minimum atomic E-state index is 0.789. The standard InChI is InChI=1S/C21H19N3O/c1-22-14-11-12-19(20(13-14)25-2)24-21-15-7-3-5-9-17(15)23-18-10-6-4-8-16(18)21/h3-13,22H,1-2H3,(H,23,24). The first-order chi connectivity index (χ1) is 12.3. The van der Waals surface area contributed by atoms with Crippen LogP contribution in [0.3, 0.4) is 0 Å². The van der Waals surface area contributed by atoms with E-state index in [1.54, 1.807) is 7.11 Å². The Bertz CT molecular complexity index is 1010. The molecule has 0 radical (unpaired) electrons. The van der Waals surface area contributed by atoms with Gasteiger partial charge in [-0.2, -0.15) is 0 Å². The van der Waals surface area contributed by atoms with Gasteiger partial charge in [0.2, 0.25) is 0 Å². The summed E-state index contributed by atoms with van der Waals surface area (Å²) in [4.78, 5) is 4.77. The molecule has 4 rings (SSSR count). The molecule has 0 atom stereocenters. The van der Waals surface area contributed by atoms with Gasteiger partial charge in [0.25, 0.3) is 0 Å². The van der Waals surface area contributed by atoms with Gasteiger partial charge in [0, 0.05) is 29.6 Å². The van der Waals surface area contributed by atoms with Crippen LogP contribution in [0.5, 0.6) is 5.75 Å². The summed E-state index contributed by atoms with van der Waals surface area (Å²) in [5.41, 5.74) is 4.90. The normalized spacial score (nSPS) is 10.8. The van der Waals surface area contributed by atoms with Crippen molar-refractivity contribution in [2.75, 3.05) is 24.8 Å². The van der Waals surface area contributed by atoms with E-state index in [2.05, 4.69) is 22.8 Å². The van der Waals surface area contributed by atoms with E-state index in [1.807, 2.05) is 61.6 Å². The minimum absolute atomic E-state index is 0.789. The van der Waals surface area contributed by atoms with Crippen LogP contribution in [0, 0.1) is 0 Å². The summed E-state index contributed by atoms with van der Waals surface area (Å²) in [5.74, 6) is 0.789. The predicted octanol–water partition coefficient (Wildman–Crippen LogP) is 5.18. The molecule has 1 aromatic heterocycles. The monoisotopic (exact) mass is 329 g/mol. The number of hydrogen-bond donors (Lipinski definition) is 2. The van der Waals surface area contributed by atoms with Crippen LogP contribution in [0.2, 0.25) is 0 Å². The third-order valence-electron chi connectivity index (χ3n) is 4.34. The number of benzene rings is 3. The minimum Gasteiger partial charge on any atom is -0.494 e. The molecule has 0 aliphatic rings. The lowest BCUT2D eigenvalue weighted by Crippen LogP contribution is -1.99. The van der Waals surface area contributed by atoms with E-state index in [9.17, 15) is 0 Å². The number of fused-ring (bicyclic) bond motifs is 2. The van der Waals surface area contributed by atoms with Crippen molar-refractivity contribution in [3.63, 3.8) is 0 Å². The number of hydrogen-bond acceptors (Lipinski definition) is 4. The highest BCUT2D eigenvalue weighted by Crippen LogP contribution is 2.36. The molecule has 4 nitrogen and oxygen atoms in total. The summed E-state index contributed by atoms with van der Waals surface area (Å²) in [6.45, 7) is 0. The van der Waals surface area contributed by atoms with Crippen molar-refractivity contribution in [1.82, 2.24) is 4.98 Å². The van der Waals surface area contributed by atoms with Gasteiger partial charge in [-0.1, -0.05) is 36.4 Å². The Morgan fingerprint density at radius 3 is 2.08 bits per heavy atom. The molecule has 0 aliphatic heterocycles. The van der Waals surface area contributed by atoms with Crippen LogP contribution in [-0.2, 0) is 0 Å². The van der Waals surface area contributed by atoms with Crippen molar-refractivity contribution in [2.45, 2.75) is 0 Å². The Balaban J connectivity index is 1.93. The highest BCUT2D eigenvalue weighted by Gasteiger charge is 2.11. The first kappa shape index (κ1) is 15.3. The Kier molecular flexibility index (Phi) is 3.86. The molecule has 25 heavy (non-hydrogen) atoms. The zero-order valence-corrected chi connectivity index (χ0v) is 14.2. The summed E-state index contributed by atoms with van der Waals surface area (Å²) >= 11 is 0. The second kappa shape index (κ2) is 6.32. The van der Waals surface area contributed by atoms with Crippen LogP contribution in [0.15, 0.2) is 66.7 Å². The Morgan fingerprint density at radius 2 is 1.48 bits per heavy atom. The number of anilines is 3. The largest absolute Gasteiger partial charge is 0.494 e. The second-order valence-corrected chi connectivity index (χ2v) is 5.81. The van der Waals surface area contributed by atoms with Gasteiger partial charge in [-0.15, -0.1) is 0 Å². The van der Waals surface area contributed by atoms with Crippen molar-refractivity contribution in [3.8, 4) is 5.75 Å². The first-order valence-corrected chi connectivity index (χ1v) is 8.20. The molecule has 0 bridgehead atoms. The van der Waals surface area contributed by atoms with E-state index < -0.39 is 0 Å². The lowest BCUT2D eigenvalue weighted by molar-refractivity contribution is 0.417. The smallest absolute Gasteiger partial charge is 0.144 e. The SMILES string of the molecule is CNc1ccc(Nc2c3ccccc3nc3ccccc23)c(OC)c1. The third kappa shape index (κ3) is 2.72. The van der Waals surface area contributed by atoms with E-state index in [1.165, 1.54) is 0 Å². The van der Waals surface area contributed by atoms with Gasteiger partial charge in [0.1, 0.15) is 5.75 Å². The van der Waals surface area contributed by atoms with Crippen molar-refractivity contribution >= 4 is 38.9 Å². The summed E-state index contributed by atoms with van der Waals surface area (Å²) in [6, 6.07) is 22.4. The first-order valence-electron chi connectivity index (χ1n) is 8.20. The summed E-state index contributed by atoms with van der Waals surface area (Å²) in [5, 5.41) is 8.87. The number of para-hydroxylation sites is 2. The fourth-order valence-electron chi connectivity index (χ4n) is 3.06. The van der Waals surface area contributed by atoms with Crippen molar-refractivity contribution in [2.24, 2.45) is 0 Å². The van der Waals surface area contributed by atoms with Gasteiger partial charge < -0.3 is 15.4 Å². The number of aromatic nitrogens is 1. The van der Waals surface area contributed by atoms with Crippen LogP contribution >= 0.6 is 0 Å². The number of nitrogens with one attached hydrogen (secondary N) is 2. The van der Waals surface area contributed by atoms with Crippen LogP contribution in [0.25, 0.3) is 21.8 Å². The number of pyridine rings is 1. The average molecular weight is 329 g/mol. The van der Waals surface area contributed by atoms with Gasteiger partial charge in [-0.05, 0) is 24.3 Å². The molecule has 3 aromatic carbocycles. The predicted molar refractivity (Wildman–Crippen MR) is 105 cm³/mol. The maximum Gasteiger partial charge on any atom is 0.144 e. The van der Waals surface area contributed by atoms with Crippen molar-refractivity contribution < 1.29 is 4.74 Å². The fourth-order valence-corrected chi connectivity index (χ4v) is 3.06. The zero-order chi connectivity index (χ0) is 17.2. The van der Waals surface area contributed by atoms with Gasteiger partial charge in [-0.3, -0.25) is 0 Å². The van der Waals surface area contributed by atoms with Crippen LogP contribution in [0.1, 0.15) is 0 Å². The summed E-state index contributed by atoms with van der Waals surface area (Å²) < 4.78 is 5.57. The van der Waals surface area contributed by atoms with Crippen molar-refractivity contribution in [3.05, 3.63) is 66.7 Å². The zero-order valence-electron chi connectivity index (χ0n) is 14.2. The molecule has 4 heteroatoms. The third-order valence-corrected chi connectivity index (χ3v) is 4.34. The average Bonchev–Trinajstić information content (AvgIpc) is 2.68. The molecule has 0 fully saturated rings. The molecule has 4 aromatic rings.